The Kier molecular flexibility index (Phi) is 8.06. The molecule has 0 saturated heterocycles. The van der Waals surface area contributed by atoms with Crippen molar-refractivity contribution < 1.29 is 4.42 Å². The van der Waals surface area contributed by atoms with Gasteiger partial charge in [-0.25, -0.2) is 0 Å². The van der Waals surface area contributed by atoms with E-state index in [4.69, 9.17) is 67.2 Å². The van der Waals surface area contributed by atoms with Crippen molar-refractivity contribution in [1.82, 2.24) is 0 Å². The van der Waals surface area contributed by atoms with Crippen LogP contribution in [-0.2, 0) is 5.41 Å². The third-order valence-corrected chi connectivity index (χ3v) is 13.0. The van der Waals surface area contributed by atoms with E-state index in [0.717, 1.165) is 66.1 Å². The van der Waals surface area contributed by atoms with Gasteiger partial charge < -0.3 is 4.42 Å². The number of fused-ring (bicyclic) bond motifs is 9. The third-order valence-electron chi connectivity index (χ3n) is 13.0. The van der Waals surface area contributed by atoms with Gasteiger partial charge in [-0.2, -0.15) is 0 Å². The first-order valence-corrected chi connectivity index (χ1v) is 19.8. The maximum Gasteiger partial charge on any atom is 0.136 e. The number of hydrogen-bond donors (Lipinski definition) is 0. The highest BCUT2D eigenvalue weighted by Gasteiger charge is 2.35. The Morgan fingerprint density at radius 1 is 0.367 bits per heavy atom. The summed E-state index contributed by atoms with van der Waals surface area (Å²) in [4.78, 5) is 0. The molecule has 0 fully saturated rings. The van der Waals surface area contributed by atoms with Crippen molar-refractivity contribution in [1.29, 1.82) is 0 Å². The van der Waals surface area contributed by atoms with Crippen LogP contribution in [0.2, 0.25) is 0 Å². The quantitative estimate of drug-likeness (QED) is 0.189. The largest absolute Gasteiger partial charge is 0.456 e. The van der Waals surface area contributed by atoms with Gasteiger partial charge in [0.1, 0.15) is 73.9 Å². The molecule has 1 heterocycles. The van der Waals surface area contributed by atoms with E-state index in [1.807, 2.05) is 30.3 Å². The minimum Gasteiger partial charge on any atom is -0.456 e. The van der Waals surface area contributed by atoms with Crippen LogP contribution in [0.25, 0.3) is 98.8 Å². The fourth-order valence-electron chi connectivity index (χ4n) is 9.87. The minimum absolute atomic E-state index is 0.177. The fourth-order valence-corrected chi connectivity index (χ4v) is 9.87. The van der Waals surface area contributed by atoms with Crippen molar-refractivity contribution in [2.75, 3.05) is 0 Å². The van der Waals surface area contributed by atoms with Crippen LogP contribution in [0.15, 0.2) is 126 Å². The monoisotopic (exact) mass is 742 g/mol. The first kappa shape index (κ1) is 37.1. The molecule has 16 radical (unpaired) electrons. The highest BCUT2D eigenvalue weighted by Crippen LogP contribution is 2.51. The minimum atomic E-state index is -0.206. The first-order valence-electron chi connectivity index (χ1n) is 19.8. The van der Waals surface area contributed by atoms with Gasteiger partial charge in [0.15, 0.2) is 0 Å². The summed E-state index contributed by atoms with van der Waals surface area (Å²) in [6, 6.07) is 42.0. The fraction of sp³-hybridized carbons (Fsp3) is 0.0588. The van der Waals surface area contributed by atoms with Gasteiger partial charge in [-0.15, -0.1) is 21.9 Å². The molecular weight excluding hydrogens is 715 g/mol. The van der Waals surface area contributed by atoms with Gasteiger partial charge >= 0.3 is 0 Å². The summed E-state index contributed by atoms with van der Waals surface area (Å²) in [5.41, 5.74) is 13.0. The van der Waals surface area contributed by atoms with Crippen molar-refractivity contribution >= 4 is 161 Å². The van der Waals surface area contributed by atoms with Crippen LogP contribution < -0.4 is 43.7 Å². The summed E-state index contributed by atoms with van der Waals surface area (Å²) in [5, 5.41) is 6.75. The first-order chi connectivity index (χ1) is 28.8. The van der Waals surface area contributed by atoms with Gasteiger partial charge in [0.2, 0.25) is 0 Å². The smallest absolute Gasteiger partial charge is 0.136 e. The van der Waals surface area contributed by atoms with Crippen LogP contribution in [0.1, 0.15) is 25.0 Å². The van der Waals surface area contributed by atoms with E-state index in [0.29, 0.717) is 32.7 Å². The Hall–Kier alpha value is -5.92. The molecule has 10 aromatic rings. The van der Waals surface area contributed by atoms with Gasteiger partial charge in [-0.1, -0.05) is 127 Å². The van der Waals surface area contributed by atoms with Gasteiger partial charge in [-0.05, 0) is 118 Å². The van der Waals surface area contributed by atoms with E-state index in [1.165, 1.54) is 11.1 Å². The molecular formula is C51H26B8O. The molecule has 9 heteroatoms. The van der Waals surface area contributed by atoms with Gasteiger partial charge in [0, 0.05) is 16.2 Å². The van der Waals surface area contributed by atoms with E-state index >= 15 is 0 Å². The maximum absolute atomic E-state index is 7.06. The lowest BCUT2D eigenvalue weighted by molar-refractivity contribution is 0.660. The SMILES string of the molecule is [B]c1c([B])c([B])c2c(-c3ccc4c(c3)-c3ccccc3C4(C)C)c3c([B])c([B])c([B])c([B])c3c(-c3ccc(-c4ccc5oc6cc7ccccc7cc6c5c4)cc3)c2c1[B]. The maximum atomic E-state index is 7.06. The second-order valence-electron chi connectivity index (χ2n) is 16.6. The van der Waals surface area contributed by atoms with Crippen LogP contribution in [0.5, 0.6) is 0 Å². The summed E-state index contributed by atoms with van der Waals surface area (Å²) in [5.74, 6) is 0. The molecule has 0 amide bonds. The molecule has 1 aliphatic carbocycles. The molecule has 0 saturated carbocycles. The number of rotatable bonds is 3. The molecule has 1 aliphatic rings. The Morgan fingerprint density at radius 3 is 1.45 bits per heavy atom. The second kappa shape index (κ2) is 13.0. The lowest BCUT2D eigenvalue weighted by atomic mass is 9.59. The molecule has 9 aromatic carbocycles. The van der Waals surface area contributed by atoms with Crippen LogP contribution in [0.4, 0.5) is 0 Å². The number of furan rings is 1. The van der Waals surface area contributed by atoms with Crippen LogP contribution >= 0.6 is 0 Å². The number of hydrogen-bond acceptors (Lipinski definition) is 1. The Labute approximate surface area is 359 Å². The van der Waals surface area contributed by atoms with E-state index in [-0.39, 0.29) is 49.1 Å². The molecule has 0 atom stereocenters. The summed E-state index contributed by atoms with van der Waals surface area (Å²) < 4.78 is 6.29. The Morgan fingerprint density at radius 2 is 0.833 bits per heavy atom. The summed E-state index contributed by atoms with van der Waals surface area (Å²) in [6.07, 6.45) is 0. The van der Waals surface area contributed by atoms with E-state index in [9.17, 15) is 0 Å². The van der Waals surface area contributed by atoms with Crippen molar-refractivity contribution in [3.63, 3.8) is 0 Å². The molecule has 0 N–H and O–H groups in total. The normalized spacial score (nSPS) is 13.2. The van der Waals surface area contributed by atoms with Crippen LogP contribution in [0.3, 0.4) is 0 Å². The molecule has 0 aliphatic heterocycles. The van der Waals surface area contributed by atoms with Gasteiger partial charge in [0.25, 0.3) is 0 Å². The zero-order valence-corrected chi connectivity index (χ0v) is 33.1. The van der Waals surface area contributed by atoms with Crippen molar-refractivity contribution in [2.24, 2.45) is 0 Å². The zero-order valence-electron chi connectivity index (χ0n) is 33.1. The zero-order chi connectivity index (χ0) is 41.5. The summed E-state index contributed by atoms with van der Waals surface area (Å²) >= 11 is 0. The Bertz CT molecular complexity index is 3470. The van der Waals surface area contributed by atoms with E-state index < -0.39 is 0 Å². The molecule has 1 aromatic heterocycles. The molecule has 0 bridgehead atoms. The summed E-state index contributed by atoms with van der Waals surface area (Å²) in [6.45, 7) is 4.48. The van der Waals surface area contributed by atoms with Gasteiger partial charge in [-0.3, -0.25) is 0 Å². The lowest BCUT2D eigenvalue weighted by Gasteiger charge is -2.29. The molecule has 60 heavy (non-hydrogen) atoms. The molecule has 1 nitrogen and oxygen atoms in total. The lowest BCUT2D eigenvalue weighted by Crippen LogP contribution is -2.50. The highest BCUT2D eigenvalue weighted by molar-refractivity contribution is 6.71. The molecule has 0 spiro atoms. The highest BCUT2D eigenvalue weighted by atomic mass is 16.3. The standard InChI is InChI=1S/C51H26B8O/c1-51(2)33-10-6-5-9-29(33)30-21-28(15-17-34(30)51)38-41-39(43(52)47(56)49(58)45(41)54)37(40-42(38)46(55)50(59)48(57)44(40)53)24-13-11-23(12-14-24)27-16-18-35-31(20-27)32-19-25-7-3-4-8-26(25)22-36(32)60-35/h3-22H,1-2H3. The van der Waals surface area contributed by atoms with Crippen LogP contribution in [-0.4, -0.2) is 62.8 Å². The van der Waals surface area contributed by atoms with Crippen molar-refractivity contribution in [3.8, 4) is 44.5 Å². The average molecular weight is 741 g/mol. The van der Waals surface area contributed by atoms with Crippen molar-refractivity contribution in [3.05, 3.63) is 132 Å². The average Bonchev–Trinajstić information content (AvgIpc) is 3.74. The molecule has 11 rings (SSSR count). The second-order valence-corrected chi connectivity index (χ2v) is 16.6. The predicted molar refractivity (Wildman–Crippen MR) is 263 cm³/mol. The predicted octanol–water partition coefficient (Wildman–Crippen LogP) is 4.70. The topological polar surface area (TPSA) is 13.1 Å². The molecule has 0 unspecified atom stereocenters. The van der Waals surface area contributed by atoms with Crippen LogP contribution in [0, 0.1) is 0 Å². The molecule has 260 valence electrons. The summed E-state index contributed by atoms with van der Waals surface area (Å²) in [7, 11) is 54.9. The van der Waals surface area contributed by atoms with Crippen molar-refractivity contribution in [2.45, 2.75) is 19.3 Å². The third kappa shape index (κ3) is 5.05. The van der Waals surface area contributed by atoms with E-state index in [2.05, 4.69) is 105 Å². The van der Waals surface area contributed by atoms with E-state index in [1.54, 1.807) is 0 Å². The number of benzene rings is 9. The van der Waals surface area contributed by atoms with Gasteiger partial charge in [0.05, 0.1) is 0 Å². The Balaban J connectivity index is 1.18.